The SMILES string of the molecule is CCn1c(COc2ccccc2Cl)nnc1SCC(=O)N[C@H]1COc2ccc(Cl)cc21. The van der Waals surface area contributed by atoms with E-state index in [1.165, 1.54) is 11.8 Å². The first-order valence-corrected chi connectivity index (χ1v) is 11.4. The van der Waals surface area contributed by atoms with Crippen LogP contribution in [0.1, 0.15) is 24.4 Å². The predicted molar refractivity (Wildman–Crippen MR) is 120 cm³/mol. The van der Waals surface area contributed by atoms with E-state index in [1.54, 1.807) is 18.2 Å². The molecule has 2 aromatic carbocycles. The van der Waals surface area contributed by atoms with Crippen LogP contribution in [-0.2, 0) is 17.9 Å². The first kappa shape index (κ1) is 21.8. The Kier molecular flexibility index (Phi) is 6.89. The molecule has 1 aliphatic rings. The molecule has 0 aliphatic carbocycles. The van der Waals surface area contributed by atoms with E-state index in [9.17, 15) is 4.79 Å². The predicted octanol–water partition coefficient (Wildman–Crippen LogP) is 4.53. The van der Waals surface area contributed by atoms with Crippen LogP contribution in [0.5, 0.6) is 11.5 Å². The summed E-state index contributed by atoms with van der Waals surface area (Å²) >= 11 is 13.5. The van der Waals surface area contributed by atoms with E-state index in [4.69, 9.17) is 32.7 Å². The number of fused-ring (bicyclic) bond motifs is 1. The molecule has 10 heteroatoms. The summed E-state index contributed by atoms with van der Waals surface area (Å²) in [5.41, 5.74) is 0.890. The van der Waals surface area contributed by atoms with E-state index in [-0.39, 0.29) is 24.3 Å². The van der Waals surface area contributed by atoms with Crippen LogP contribution in [0.25, 0.3) is 0 Å². The van der Waals surface area contributed by atoms with Crippen molar-refractivity contribution in [1.29, 1.82) is 0 Å². The van der Waals surface area contributed by atoms with Crippen molar-refractivity contribution in [1.82, 2.24) is 20.1 Å². The number of aromatic nitrogens is 3. The van der Waals surface area contributed by atoms with Crippen LogP contribution in [0.2, 0.25) is 10.0 Å². The number of ether oxygens (including phenoxy) is 2. The first-order valence-electron chi connectivity index (χ1n) is 9.69. The fourth-order valence-electron chi connectivity index (χ4n) is 3.23. The standard InChI is InChI=1S/C21H20Cl2N4O3S/c1-2-27-19(11-30-18-6-4-3-5-15(18)23)25-26-21(27)31-12-20(28)24-16-10-29-17-8-7-13(22)9-14(16)17/h3-9,16H,2,10-12H2,1H3,(H,24,28)/t16-/m0/s1. The van der Waals surface area contributed by atoms with Crippen LogP contribution in [0, 0.1) is 0 Å². The maximum absolute atomic E-state index is 12.5. The minimum absolute atomic E-state index is 0.119. The van der Waals surface area contributed by atoms with Gasteiger partial charge in [-0.2, -0.15) is 0 Å². The molecule has 1 aromatic heterocycles. The van der Waals surface area contributed by atoms with Gasteiger partial charge in [-0.3, -0.25) is 4.79 Å². The molecule has 1 aliphatic heterocycles. The van der Waals surface area contributed by atoms with Crippen molar-refractivity contribution >= 4 is 40.9 Å². The Balaban J connectivity index is 1.34. The molecule has 7 nitrogen and oxygen atoms in total. The molecule has 0 unspecified atom stereocenters. The lowest BCUT2D eigenvalue weighted by Crippen LogP contribution is -2.30. The zero-order valence-electron chi connectivity index (χ0n) is 16.7. The Bertz CT molecular complexity index is 1090. The van der Waals surface area contributed by atoms with Crippen LogP contribution in [0.3, 0.4) is 0 Å². The maximum atomic E-state index is 12.5. The molecule has 0 radical (unpaired) electrons. The second-order valence-corrected chi connectivity index (χ2v) is 8.55. The number of carbonyl (C=O) groups is 1. The van der Waals surface area contributed by atoms with Gasteiger partial charge >= 0.3 is 0 Å². The number of carbonyl (C=O) groups excluding carboxylic acids is 1. The number of hydrogen-bond acceptors (Lipinski definition) is 6. The number of para-hydroxylation sites is 1. The Hall–Kier alpha value is -2.42. The normalized spacial score (nSPS) is 14.7. The topological polar surface area (TPSA) is 78.3 Å². The van der Waals surface area contributed by atoms with E-state index in [1.807, 2.05) is 35.8 Å². The van der Waals surface area contributed by atoms with Crippen molar-refractivity contribution in [2.75, 3.05) is 12.4 Å². The van der Waals surface area contributed by atoms with Gasteiger partial charge in [-0.25, -0.2) is 0 Å². The highest BCUT2D eigenvalue weighted by atomic mass is 35.5. The van der Waals surface area contributed by atoms with Crippen molar-refractivity contribution in [3.63, 3.8) is 0 Å². The van der Waals surface area contributed by atoms with Crippen LogP contribution in [-0.4, -0.2) is 33.0 Å². The number of rotatable bonds is 8. The van der Waals surface area contributed by atoms with Gasteiger partial charge in [0.1, 0.15) is 24.7 Å². The zero-order chi connectivity index (χ0) is 21.8. The number of benzene rings is 2. The monoisotopic (exact) mass is 478 g/mol. The molecule has 0 saturated heterocycles. The highest BCUT2D eigenvalue weighted by molar-refractivity contribution is 7.99. The molecule has 0 saturated carbocycles. The molecule has 0 bridgehead atoms. The third-order valence-corrected chi connectivity index (χ3v) is 6.24. The number of halogens is 2. The summed E-state index contributed by atoms with van der Waals surface area (Å²) < 4.78 is 13.3. The maximum Gasteiger partial charge on any atom is 0.231 e. The van der Waals surface area contributed by atoms with Crippen molar-refractivity contribution in [3.8, 4) is 11.5 Å². The summed E-state index contributed by atoms with van der Waals surface area (Å²) in [5, 5.41) is 13.2. The number of nitrogens with zero attached hydrogens (tertiary/aromatic N) is 3. The van der Waals surface area contributed by atoms with Gasteiger partial charge in [-0.15, -0.1) is 10.2 Å². The van der Waals surface area contributed by atoms with E-state index in [0.717, 1.165) is 11.3 Å². The molecular weight excluding hydrogens is 459 g/mol. The summed E-state index contributed by atoms with van der Waals surface area (Å²) in [6.07, 6.45) is 0. The number of amides is 1. The van der Waals surface area contributed by atoms with E-state index >= 15 is 0 Å². The van der Waals surface area contributed by atoms with Gasteiger partial charge in [-0.05, 0) is 37.3 Å². The lowest BCUT2D eigenvalue weighted by Gasteiger charge is -2.12. The van der Waals surface area contributed by atoms with Gasteiger partial charge in [0.15, 0.2) is 11.0 Å². The minimum Gasteiger partial charge on any atom is -0.491 e. The first-order chi connectivity index (χ1) is 15.0. The molecule has 4 rings (SSSR count). The molecule has 0 fully saturated rings. The van der Waals surface area contributed by atoms with E-state index < -0.39 is 0 Å². The van der Waals surface area contributed by atoms with Crippen molar-refractivity contribution in [2.45, 2.75) is 31.3 Å². The average Bonchev–Trinajstić information content (AvgIpc) is 3.35. The summed E-state index contributed by atoms with van der Waals surface area (Å²) in [4.78, 5) is 12.5. The Morgan fingerprint density at radius 1 is 1.29 bits per heavy atom. The van der Waals surface area contributed by atoms with Gasteiger partial charge in [-0.1, -0.05) is 47.1 Å². The zero-order valence-corrected chi connectivity index (χ0v) is 19.0. The highest BCUT2D eigenvalue weighted by Gasteiger charge is 2.26. The Morgan fingerprint density at radius 3 is 2.94 bits per heavy atom. The average molecular weight is 479 g/mol. The molecule has 3 aromatic rings. The van der Waals surface area contributed by atoms with E-state index in [0.29, 0.717) is 39.9 Å². The molecule has 2 heterocycles. The molecule has 162 valence electrons. The molecular formula is C21H20Cl2N4O3S. The third-order valence-electron chi connectivity index (χ3n) is 4.72. The van der Waals surface area contributed by atoms with Crippen molar-refractivity contribution < 1.29 is 14.3 Å². The van der Waals surface area contributed by atoms with Gasteiger partial charge in [0.25, 0.3) is 0 Å². The summed E-state index contributed by atoms with van der Waals surface area (Å²) in [6, 6.07) is 12.4. The lowest BCUT2D eigenvalue weighted by atomic mass is 10.1. The van der Waals surface area contributed by atoms with Gasteiger partial charge < -0.3 is 19.4 Å². The fourth-order valence-corrected chi connectivity index (χ4v) is 4.43. The highest BCUT2D eigenvalue weighted by Crippen LogP contribution is 2.34. The minimum atomic E-state index is -0.217. The second kappa shape index (κ2) is 9.80. The Morgan fingerprint density at radius 2 is 2.13 bits per heavy atom. The summed E-state index contributed by atoms with van der Waals surface area (Å²) in [6.45, 7) is 3.26. The van der Waals surface area contributed by atoms with Gasteiger partial charge in [0.05, 0.1) is 16.8 Å². The quantitative estimate of drug-likeness (QED) is 0.479. The molecule has 1 amide bonds. The fraction of sp³-hybridized carbons (Fsp3) is 0.286. The van der Waals surface area contributed by atoms with Crippen molar-refractivity contribution in [2.24, 2.45) is 0 Å². The van der Waals surface area contributed by atoms with Crippen LogP contribution >= 0.6 is 35.0 Å². The van der Waals surface area contributed by atoms with E-state index in [2.05, 4.69) is 15.5 Å². The summed E-state index contributed by atoms with van der Waals surface area (Å²) in [7, 11) is 0. The van der Waals surface area contributed by atoms with Crippen LogP contribution in [0.4, 0.5) is 0 Å². The third kappa shape index (κ3) is 5.08. The smallest absolute Gasteiger partial charge is 0.231 e. The largest absolute Gasteiger partial charge is 0.491 e. The number of nitrogens with one attached hydrogen (secondary N) is 1. The Labute approximate surface area is 194 Å². The molecule has 31 heavy (non-hydrogen) atoms. The molecule has 1 N–H and O–H groups in total. The number of thioether (sulfide) groups is 1. The van der Waals surface area contributed by atoms with Crippen molar-refractivity contribution in [3.05, 3.63) is 63.9 Å². The van der Waals surface area contributed by atoms with Crippen LogP contribution < -0.4 is 14.8 Å². The number of hydrogen-bond donors (Lipinski definition) is 1. The van der Waals surface area contributed by atoms with Crippen LogP contribution in [0.15, 0.2) is 47.6 Å². The summed E-state index contributed by atoms with van der Waals surface area (Å²) in [5.74, 6) is 2.08. The second-order valence-electron chi connectivity index (χ2n) is 6.76. The molecule has 1 atom stereocenters. The van der Waals surface area contributed by atoms with Gasteiger partial charge in [0.2, 0.25) is 5.91 Å². The molecule has 0 spiro atoms. The lowest BCUT2D eigenvalue weighted by molar-refractivity contribution is -0.119. The van der Waals surface area contributed by atoms with Gasteiger partial charge in [0, 0.05) is 17.1 Å².